The lowest BCUT2D eigenvalue weighted by atomic mass is 9.88. The molecule has 0 fully saturated rings. The maximum atomic E-state index is 13.9. The van der Waals surface area contributed by atoms with Crippen molar-refractivity contribution in [3.63, 3.8) is 0 Å². The SMILES string of the molecule is CC[C@H](C)NC(=O)[C@@H](C)N(Cc1cccc(OC)c1)C(=O)CC(c1ccccc1)c1ccccc1. The number of hydrogen-bond acceptors (Lipinski definition) is 3. The molecule has 0 aliphatic carbocycles. The summed E-state index contributed by atoms with van der Waals surface area (Å²) in [4.78, 5) is 28.6. The molecule has 1 N–H and O–H groups in total. The summed E-state index contributed by atoms with van der Waals surface area (Å²) >= 11 is 0. The average molecular weight is 473 g/mol. The molecule has 0 bridgehead atoms. The molecule has 5 heteroatoms. The Kier molecular flexibility index (Phi) is 9.47. The Labute approximate surface area is 209 Å². The molecule has 2 atom stereocenters. The van der Waals surface area contributed by atoms with E-state index in [0.717, 1.165) is 28.9 Å². The second-order valence-electron chi connectivity index (χ2n) is 8.95. The molecule has 0 saturated heterocycles. The summed E-state index contributed by atoms with van der Waals surface area (Å²) in [5.74, 6) is 0.393. The third kappa shape index (κ3) is 7.19. The van der Waals surface area contributed by atoms with Crippen molar-refractivity contribution in [3.8, 4) is 5.75 Å². The van der Waals surface area contributed by atoms with Crippen LogP contribution in [0.5, 0.6) is 5.75 Å². The van der Waals surface area contributed by atoms with Crippen LogP contribution in [0.25, 0.3) is 0 Å². The summed E-state index contributed by atoms with van der Waals surface area (Å²) in [5, 5.41) is 3.03. The number of nitrogens with zero attached hydrogens (tertiary/aromatic N) is 1. The molecule has 0 aromatic heterocycles. The largest absolute Gasteiger partial charge is 0.497 e. The highest BCUT2D eigenvalue weighted by molar-refractivity contribution is 5.88. The fourth-order valence-electron chi connectivity index (χ4n) is 4.11. The van der Waals surface area contributed by atoms with Gasteiger partial charge in [0.2, 0.25) is 11.8 Å². The van der Waals surface area contributed by atoms with Crippen molar-refractivity contribution in [3.05, 3.63) is 102 Å². The van der Waals surface area contributed by atoms with Crippen LogP contribution in [-0.4, -0.2) is 35.9 Å². The van der Waals surface area contributed by atoms with Gasteiger partial charge < -0.3 is 15.0 Å². The number of methoxy groups -OCH3 is 1. The van der Waals surface area contributed by atoms with E-state index in [9.17, 15) is 9.59 Å². The second kappa shape index (κ2) is 12.7. The van der Waals surface area contributed by atoms with Crippen molar-refractivity contribution in [2.24, 2.45) is 0 Å². The molecule has 3 aromatic carbocycles. The summed E-state index contributed by atoms with van der Waals surface area (Å²) < 4.78 is 5.37. The van der Waals surface area contributed by atoms with Crippen LogP contribution >= 0.6 is 0 Å². The van der Waals surface area contributed by atoms with E-state index in [4.69, 9.17) is 4.74 Å². The molecule has 3 aromatic rings. The van der Waals surface area contributed by atoms with Gasteiger partial charge in [0.25, 0.3) is 0 Å². The monoisotopic (exact) mass is 472 g/mol. The van der Waals surface area contributed by atoms with Crippen LogP contribution in [0.3, 0.4) is 0 Å². The Morgan fingerprint density at radius 2 is 1.49 bits per heavy atom. The van der Waals surface area contributed by atoms with Crippen LogP contribution in [0.1, 0.15) is 56.2 Å². The van der Waals surface area contributed by atoms with E-state index >= 15 is 0 Å². The van der Waals surface area contributed by atoms with Crippen molar-refractivity contribution >= 4 is 11.8 Å². The van der Waals surface area contributed by atoms with Gasteiger partial charge in [-0.05, 0) is 49.1 Å². The molecule has 2 amide bonds. The zero-order valence-electron chi connectivity index (χ0n) is 21.1. The van der Waals surface area contributed by atoms with E-state index in [1.165, 1.54) is 0 Å². The van der Waals surface area contributed by atoms with Gasteiger partial charge in [0.15, 0.2) is 0 Å². The summed E-state index contributed by atoms with van der Waals surface area (Å²) in [5.41, 5.74) is 3.06. The van der Waals surface area contributed by atoms with Gasteiger partial charge in [-0.3, -0.25) is 9.59 Å². The molecule has 0 saturated carbocycles. The fourth-order valence-corrected chi connectivity index (χ4v) is 4.11. The van der Waals surface area contributed by atoms with E-state index in [0.29, 0.717) is 6.54 Å². The first-order valence-electron chi connectivity index (χ1n) is 12.3. The molecule has 0 spiro atoms. The van der Waals surface area contributed by atoms with E-state index in [1.54, 1.807) is 18.9 Å². The molecular formula is C30H36N2O3. The number of carbonyl (C=O) groups excluding carboxylic acids is 2. The predicted octanol–water partition coefficient (Wildman–Crippen LogP) is 5.55. The van der Waals surface area contributed by atoms with Crippen LogP contribution in [0, 0.1) is 0 Å². The van der Waals surface area contributed by atoms with Gasteiger partial charge >= 0.3 is 0 Å². The normalized spacial score (nSPS) is 12.6. The lowest BCUT2D eigenvalue weighted by molar-refractivity contribution is -0.141. The number of amides is 2. The number of ether oxygens (including phenoxy) is 1. The molecule has 0 heterocycles. The van der Waals surface area contributed by atoms with E-state index in [2.05, 4.69) is 29.6 Å². The summed E-state index contributed by atoms with van der Waals surface area (Å²) in [6.45, 7) is 6.12. The van der Waals surface area contributed by atoms with Gasteiger partial charge in [-0.15, -0.1) is 0 Å². The lowest BCUT2D eigenvalue weighted by Gasteiger charge is -2.31. The van der Waals surface area contributed by atoms with E-state index in [1.807, 2.05) is 74.5 Å². The number of benzene rings is 3. The van der Waals surface area contributed by atoms with Gasteiger partial charge in [0.05, 0.1) is 7.11 Å². The van der Waals surface area contributed by atoms with Crippen LogP contribution < -0.4 is 10.1 Å². The third-order valence-corrected chi connectivity index (χ3v) is 6.44. The highest BCUT2D eigenvalue weighted by Gasteiger charge is 2.29. The number of rotatable bonds is 11. The minimum absolute atomic E-state index is 0.0418. The summed E-state index contributed by atoms with van der Waals surface area (Å²) in [6.07, 6.45) is 1.09. The topological polar surface area (TPSA) is 58.6 Å². The smallest absolute Gasteiger partial charge is 0.242 e. The van der Waals surface area contributed by atoms with Crippen molar-refractivity contribution in [1.29, 1.82) is 0 Å². The van der Waals surface area contributed by atoms with E-state index < -0.39 is 6.04 Å². The van der Waals surface area contributed by atoms with Crippen LogP contribution in [-0.2, 0) is 16.1 Å². The molecule has 0 aliphatic rings. The highest BCUT2D eigenvalue weighted by atomic mass is 16.5. The minimum Gasteiger partial charge on any atom is -0.497 e. The highest BCUT2D eigenvalue weighted by Crippen LogP contribution is 2.29. The molecule has 5 nitrogen and oxygen atoms in total. The molecule has 0 radical (unpaired) electrons. The Morgan fingerprint density at radius 3 is 2.03 bits per heavy atom. The molecular weight excluding hydrogens is 436 g/mol. The second-order valence-corrected chi connectivity index (χ2v) is 8.95. The zero-order chi connectivity index (χ0) is 25.2. The third-order valence-electron chi connectivity index (χ3n) is 6.44. The Hall–Kier alpha value is -3.60. The first-order valence-corrected chi connectivity index (χ1v) is 12.3. The van der Waals surface area contributed by atoms with Crippen LogP contribution in [0.15, 0.2) is 84.9 Å². The lowest BCUT2D eigenvalue weighted by Crippen LogP contribution is -2.49. The molecule has 35 heavy (non-hydrogen) atoms. The van der Waals surface area contributed by atoms with Crippen molar-refractivity contribution in [2.45, 2.75) is 58.2 Å². The molecule has 184 valence electrons. The first-order chi connectivity index (χ1) is 16.9. The maximum absolute atomic E-state index is 13.9. The molecule has 0 aliphatic heterocycles. The maximum Gasteiger partial charge on any atom is 0.242 e. The zero-order valence-corrected chi connectivity index (χ0v) is 21.1. The molecule has 0 unspecified atom stereocenters. The minimum atomic E-state index is -0.616. The number of nitrogens with one attached hydrogen (secondary N) is 1. The van der Waals surface area contributed by atoms with Gasteiger partial charge in [-0.1, -0.05) is 79.7 Å². The van der Waals surface area contributed by atoms with Crippen molar-refractivity contribution in [2.75, 3.05) is 7.11 Å². The quantitative estimate of drug-likeness (QED) is 0.398. The summed E-state index contributed by atoms with van der Waals surface area (Å²) in [6, 6.07) is 27.2. The van der Waals surface area contributed by atoms with Crippen molar-refractivity contribution in [1.82, 2.24) is 10.2 Å². The van der Waals surface area contributed by atoms with Crippen LogP contribution in [0.4, 0.5) is 0 Å². The number of carbonyl (C=O) groups is 2. The Bertz CT molecular complexity index is 1050. The standard InChI is InChI=1S/C30H36N2O3/c1-5-22(2)31-30(34)23(3)32(21-24-13-12-18-27(19-24)35-4)29(33)20-28(25-14-8-6-9-15-25)26-16-10-7-11-17-26/h6-19,22-23,28H,5,20-21H2,1-4H3,(H,31,34)/t22-,23+/m0/s1. The fraction of sp³-hybridized carbons (Fsp3) is 0.333. The first kappa shape index (κ1) is 26.0. The molecule has 3 rings (SSSR count). The van der Waals surface area contributed by atoms with Crippen molar-refractivity contribution < 1.29 is 14.3 Å². The Morgan fingerprint density at radius 1 is 0.886 bits per heavy atom. The predicted molar refractivity (Wildman–Crippen MR) is 140 cm³/mol. The van der Waals surface area contributed by atoms with Gasteiger partial charge in [-0.25, -0.2) is 0 Å². The summed E-state index contributed by atoms with van der Waals surface area (Å²) in [7, 11) is 1.62. The van der Waals surface area contributed by atoms with Crippen LogP contribution in [0.2, 0.25) is 0 Å². The Balaban J connectivity index is 1.92. The van der Waals surface area contributed by atoms with Gasteiger partial charge in [-0.2, -0.15) is 0 Å². The average Bonchev–Trinajstić information content (AvgIpc) is 2.90. The van der Waals surface area contributed by atoms with E-state index in [-0.39, 0.29) is 30.2 Å². The van der Waals surface area contributed by atoms with Gasteiger partial charge in [0.1, 0.15) is 11.8 Å². The van der Waals surface area contributed by atoms with Gasteiger partial charge in [0, 0.05) is 24.9 Å². The number of hydrogen-bond donors (Lipinski definition) is 1.